The standard InChI is InChI=1S/C13H16N6/c1-4-8-7-10(19(3)18-8)13-15-9-5-6-11(14-2)16-12(9)17-13/h5-7H,4H2,1-3H3,(H2,14,15,16,17). The van der Waals surface area contributed by atoms with Gasteiger partial charge in [-0.15, -0.1) is 0 Å². The van der Waals surface area contributed by atoms with Crippen molar-refractivity contribution in [2.24, 2.45) is 7.05 Å². The Morgan fingerprint density at radius 1 is 1.32 bits per heavy atom. The third-order valence-corrected chi connectivity index (χ3v) is 3.14. The minimum atomic E-state index is 0.709. The van der Waals surface area contributed by atoms with Gasteiger partial charge in [-0.05, 0) is 24.6 Å². The van der Waals surface area contributed by atoms with Crippen LogP contribution in [-0.4, -0.2) is 31.8 Å². The number of anilines is 1. The highest BCUT2D eigenvalue weighted by atomic mass is 15.3. The minimum absolute atomic E-state index is 0.709. The molecule has 0 saturated carbocycles. The highest BCUT2D eigenvalue weighted by Gasteiger charge is 2.11. The van der Waals surface area contributed by atoms with Gasteiger partial charge in [0.15, 0.2) is 11.5 Å². The van der Waals surface area contributed by atoms with Crippen molar-refractivity contribution in [3.63, 3.8) is 0 Å². The smallest absolute Gasteiger partial charge is 0.180 e. The molecule has 0 fully saturated rings. The summed E-state index contributed by atoms with van der Waals surface area (Å²) in [6.07, 6.45) is 0.913. The number of imidazole rings is 1. The summed E-state index contributed by atoms with van der Waals surface area (Å²) in [6.45, 7) is 2.09. The van der Waals surface area contributed by atoms with Crippen LogP contribution in [0.25, 0.3) is 22.7 Å². The predicted molar refractivity (Wildman–Crippen MR) is 75.0 cm³/mol. The van der Waals surface area contributed by atoms with Gasteiger partial charge in [-0.3, -0.25) is 4.68 Å². The van der Waals surface area contributed by atoms with E-state index in [1.54, 1.807) is 0 Å². The molecule has 0 amide bonds. The predicted octanol–water partition coefficient (Wildman–Crippen LogP) is 1.96. The molecule has 6 heteroatoms. The van der Waals surface area contributed by atoms with Crippen LogP contribution in [-0.2, 0) is 13.5 Å². The summed E-state index contributed by atoms with van der Waals surface area (Å²) in [4.78, 5) is 12.2. The van der Waals surface area contributed by atoms with Gasteiger partial charge >= 0.3 is 0 Å². The van der Waals surface area contributed by atoms with Crippen LogP contribution in [0.1, 0.15) is 12.6 Å². The average Bonchev–Trinajstić information content (AvgIpc) is 3.00. The maximum Gasteiger partial charge on any atom is 0.180 e. The van der Waals surface area contributed by atoms with E-state index in [2.05, 4.69) is 38.4 Å². The van der Waals surface area contributed by atoms with Gasteiger partial charge in [0.25, 0.3) is 0 Å². The number of fused-ring (bicyclic) bond motifs is 1. The third kappa shape index (κ3) is 1.95. The van der Waals surface area contributed by atoms with Gasteiger partial charge in [0, 0.05) is 14.1 Å². The summed E-state index contributed by atoms with van der Waals surface area (Å²) in [5, 5.41) is 7.44. The van der Waals surface area contributed by atoms with Crippen molar-refractivity contribution in [2.45, 2.75) is 13.3 Å². The van der Waals surface area contributed by atoms with E-state index in [1.807, 2.05) is 30.9 Å². The SMILES string of the molecule is CCc1cc(-c2nc3nc(NC)ccc3[nH]2)n(C)n1. The molecule has 0 spiro atoms. The topological polar surface area (TPSA) is 71.4 Å². The van der Waals surface area contributed by atoms with E-state index < -0.39 is 0 Å². The fraction of sp³-hybridized carbons (Fsp3) is 0.308. The van der Waals surface area contributed by atoms with Crippen LogP contribution in [0.3, 0.4) is 0 Å². The second-order valence-corrected chi connectivity index (χ2v) is 4.40. The quantitative estimate of drug-likeness (QED) is 0.751. The fourth-order valence-corrected chi connectivity index (χ4v) is 2.07. The van der Waals surface area contributed by atoms with Gasteiger partial charge in [0.1, 0.15) is 11.5 Å². The van der Waals surface area contributed by atoms with Crippen molar-refractivity contribution >= 4 is 17.0 Å². The summed E-state index contributed by atoms with van der Waals surface area (Å²) in [7, 11) is 3.77. The van der Waals surface area contributed by atoms with Crippen molar-refractivity contribution < 1.29 is 0 Å². The largest absolute Gasteiger partial charge is 0.373 e. The molecule has 0 atom stereocenters. The molecule has 0 aliphatic heterocycles. The van der Waals surface area contributed by atoms with Gasteiger partial charge < -0.3 is 10.3 Å². The zero-order valence-electron chi connectivity index (χ0n) is 11.2. The zero-order valence-corrected chi connectivity index (χ0v) is 11.2. The molecule has 0 aliphatic rings. The number of nitrogens with zero attached hydrogens (tertiary/aromatic N) is 4. The molecule has 0 aromatic carbocycles. The molecule has 2 N–H and O–H groups in total. The Labute approximate surface area is 110 Å². The van der Waals surface area contributed by atoms with Crippen molar-refractivity contribution in [3.05, 3.63) is 23.9 Å². The van der Waals surface area contributed by atoms with Crippen LogP contribution in [0.5, 0.6) is 0 Å². The number of aromatic nitrogens is 5. The first-order chi connectivity index (χ1) is 9.21. The molecule has 0 bridgehead atoms. The van der Waals surface area contributed by atoms with Gasteiger partial charge in [-0.2, -0.15) is 5.10 Å². The Bertz CT molecular complexity index is 724. The Hall–Kier alpha value is -2.37. The van der Waals surface area contributed by atoms with E-state index >= 15 is 0 Å². The number of aromatic amines is 1. The molecule has 98 valence electrons. The molecule has 6 nitrogen and oxygen atoms in total. The molecule has 0 saturated heterocycles. The lowest BCUT2D eigenvalue weighted by molar-refractivity contribution is 0.749. The highest BCUT2D eigenvalue weighted by Crippen LogP contribution is 2.21. The van der Waals surface area contributed by atoms with Gasteiger partial charge in [0.05, 0.1) is 11.2 Å². The van der Waals surface area contributed by atoms with Gasteiger partial charge in [-0.1, -0.05) is 6.92 Å². The van der Waals surface area contributed by atoms with E-state index in [0.717, 1.165) is 35.0 Å². The lowest BCUT2D eigenvalue weighted by Crippen LogP contribution is -1.95. The van der Waals surface area contributed by atoms with Crippen LogP contribution >= 0.6 is 0 Å². The Kier molecular flexibility index (Phi) is 2.70. The highest BCUT2D eigenvalue weighted by molar-refractivity contribution is 5.76. The molecule has 19 heavy (non-hydrogen) atoms. The van der Waals surface area contributed by atoms with Crippen LogP contribution in [0.15, 0.2) is 18.2 Å². The summed E-state index contributed by atoms with van der Waals surface area (Å²) in [6, 6.07) is 5.95. The van der Waals surface area contributed by atoms with Crippen molar-refractivity contribution in [1.29, 1.82) is 0 Å². The molecular weight excluding hydrogens is 240 g/mol. The Morgan fingerprint density at radius 2 is 2.16 bits per heavy atom. The summed E-state index contributed by atoms with van der Waals surface area (Å²) in [5.74, 6) is 1.61. The first kappa shape index (κ1) is 11.7. The number of hydrogen-bond acceptors (Lipinski definition) is 4. The zero-order chi connectivity index (χ0) is 13.4. The summed E-state index contributed by atoms with van der Waals surface area (Å²) in [5.41, 5.74) is 3.66. The van der Waals surface area contributed by atoms with Crippen molar-refractivity contribution in [1.82, 2.24) is 24.7 Å². The Balaban J connectivity index is 2.11. The lowest BCUT2D eigenvalue weighted by Gasteiger charge is -1.95. The molecule has 0 aliphatic carbocycles. The number of rotatable bonds is 3. The minimum Gasteiger partial charge on any atom is -0.373 e. The van der Waals surface area contributed by atoms with E-state index in [-0.39, 0.29) is 0 Å². The molecule has 0 radical (unpaired) electrons. The number of H-pyrrole nitrogens is 1. The number of aryl methyl sites for hydroxylation is 2. The van der Waals surface area contributed by atoms with Crippen LogP contribution in [0.4, 0.5) is 5.82 Å². The van der Waals surface area contributed by atoms with E-state index in [0.29, 0.717) is 5.65 Å². The normalized spacial score (nSPS) is 11.1. The fourth-order valence-electron chi connectivity index (χ4n) is 2.07. The first-order valence-electron chi connectivity index (χ1n) is 6.29. The van der Waals surface area contributed by atoms with Crippen LogP contribution < -0.4 is 5.32 Å². The third-order valence-electron chi connectivity index (χ3n) is 3.14. The lowest BCUT2D eigenvalue weighted by atomic mass is 10.3. The molecule has 3 aromatic heterocycles. The molecule has 3 heterocycles. The van der Waals surface area contributed by atoms with E-state index in [4.69, 9.17) is 0 Å². The van der Waals surface area contributed by atoms with Gasteiger partial charge in [-0.25, -0.2) is 9.97 Å². The second kappa shape index (κ2) is 4.38. The van der Waals surface area contributed by atoms with Crippen LogP contribution in [0, 0.1) is 0 Å². The molecular formula is C13H16N6. The van der Waals surface area contributed by atoms with E-state index in [9.17, 15) is 0 Å². The van der Waals surface area contributed by atoms with Crippen molar-refractivity contribution in [2.75, 3.05) is 12.4 Å². The monoisotopic (exact) mass is 256 g/mol. The number of nitrogens with one attached hydrogen (secondary N) is 2. The summed E-state index contributed by atoms with van der Waals surface area (Å²) < 4.78 is 1.84. The maximum atomic E-state index is 4.53. The molecule has 3 rings (SSSR count). The second-order valence-electron chi connectivity index (χ2n) is 4.40. The number of hydrogen-bond donors (Lipinski definition) is 2. The van der Waals surface area contributed by atoms with Crippen molar-refractivity contribution in [3.8, 4) is 11.5 Å². The first-order valence-corrected chi connectivity index (χ1v) is 6.29. The maximum absolute atomic E-state index is 4.53. The molecule has 3 aromatic rings. The summed E-state index contributed by atoms with van der Waals surface area (Å²) >= 11 is 0. The average molecular weight is 256 g/mol. The number of pyridine rings is 1. The van der Waals surface area contributed by atoms with Gasteiger partial charge in [0.2, 0.25) is 0 Å². The van der Waals surface area contributed by atoms with E-state index in [1.165, 1.54) is 0 Å². The van der Waals surface area contributed by atoms with Crippen LogP contribution in [0.2, 0.25) is 0 Å². The molecule has 0 unspecified atom stereocenters. The Morgan fingerprint density at radius 3 is 2.84 bits per heavy atom.